The quantitative estimate of drug-likeness (QED) is 0.648. The van der Waals surface area contributed by atoms with Crippen molar-refractivity contribution in [2.24, 2.45) is 5.92 Å². The molecule has 114 valence electrons. The van der Waals surface area contributed by atoms with Crippen LogP contribution in [0.4, 0.5) is 0 Å². The normalized spacial score (nSPS) is 22.7. The van der Waals surface area contributed by atoms with Crippen LogP contribution in [0.25, 0.3) is 0 Å². The summed E-state index contributed by atoms with van der Waals surface area (Å²) in [5.74, 6) is 0.658. The molecule has 2 unspecified atom stereocenters. The van der Waals surface area contributed by atoms with Crippen molar-refractivity contribution >= 4 is 0 Å². The van der Waals surface area contributed by atoms with E-state index in [4.69, 9.17) is 4.74 Å². The second-order valence-electron chi connectivity index (χ2n) is 6.35. The molecule has 0 saturated heterocycles. The van der Waals surface area contributed by atoms with Crippen LogP contribution < -0.4 is 0 Å². The number of hydrogen-bond acceptors (Lipinski definition) is 2. The summed E-state index contributed by atoms with van der Waals surface area (Å²) < 4.78 is 5.82. The number of aliphatic hydroxyl groups excluding tert-OH is 1. The van der Waals surface area contributed by atoms with Crippen molar-refractivity contribution in [3.63, 3.8) is 0 Å². The lowest BCUT2D eigenvalue weighted by Gasteiger charge is -2.37. The number of hydrogen-bond donors (Lipinski definition) is 1. The molecule has 2 heteroatoms. The van der Waals surface area contributed by atoms with Gasteiger partial charge in [-0.15, -0.1) is 0 Å². The van der Waals surface area contributed by atoms with Crippen LogP contribution in [-0.2, 0) is 4.74 Å². The van der Waals surface area contributed by atoms with Crippen LogP contribution >= 0.6 is 0 Å². The van der Waals surface area contributed by atoms with Crippen molar-refractivity contribution in [2.45, 2.75) is 96.2 Å². The molecule has 1 rings (SSSR count). The fourth-order valence-electron chi connectivity index (χ4n) is 3.51. The molecule has 0 aliphatic heterocycles. The molecule has 1 saturated carbocycles. The van der Waals surface area contributed by atoms with E-state index < -0.39 is 0 Å². The van der Waals surface area contributed by atoms with E-state index >= 15 is 0 Å². The van der Waals surface area contributed by atoms with Gasteiger partial charge >= 0.3 is 0 Å². The van der Waals surface area contributed by atoms with E-state index in [2.05, 4.69) is 13.8 Å². The first-order valence-corrected chi connectivity index (χ1v) is 8.41. The van der Waals surface area contributed by atoms with Crippen LogP contribution in [0.5, 0.6) is 0 Å². The average molecular weight is 270 g/mol. The Morgan fingerprint density at radius 3 is 2.21 bits per heavy atom. The third kappa shape index (κ3) is 5.07. The van der Waals surface area contributed by atoms with Crippen molar-refractivity contribution < 1.29 is 9.84 Å². The molecule has 1 aliphatic carbocycles. The van der Waals surface area contributed by atoms with Gasteiger partial charge in [-0.05, 0) is 25.2 Å². The fraction of sp³-hybridized carbons (Fsp3) is 1.00. The van der Waals surface area contributed by atoms with Crippen LogP contribution in [0.3, 0.4) is 0 Å². The molecule has 0 aromatic heterocycles. The van der Waals surface area contributed by atoms with Crippen LogP contribution in [0.15, 0.2) is 0 Å². The van der Waals surface area contributed by atoms with Crippen LogP contribution in [0.2, 0.25) is 0 Å². The SMILES string of the molecule is CCCCC(CC)CC(O)C1(OC)CCCCCC1. The molecule has 2 nitrogen and oxygen atoms in total. The number of ether oxygens (including phenoxy) is 1. The zero-order valence-electron chi connectivity index (χ0n) is 13.3. The highest BCUT2D eigenvalue weighted by atomic mass is 16.5. The van der Waals surface area contributed by atoms with E-state index in [0.717, 1.165) is 19.3 Å². The molecule has 1 fully saturated rings. The Balaban J connectivity index is 2.57. The maximum atomic E-state index is 10.7. The van der Waals surface area contributed by atoms with Gasteiger partial charge in [0.05, 0.1) is 11.7 Å². The van der Waals surface area contributed by atoms with Crippen LogP contribution in [0, 0.1) is 5.92 Å². The van der Waals surface area contributed by atoms with Gasteiger partial charge in [0.15, 0.2) is 0 Å². The van der Waals surface area contributed by atoms with E-state index in [1.165, 1.54) is 51.4 Å². The highest BCUT2D eigenvalue weighted by molar-refractivity contribution is 4.90. The predicted molar refractivity (Wildman–Crippen MR) is 81.4 cm³/mol. The largest absolute Gasteiger partial charge is 0.390 e. The topological polar surface area (TPSA) is 29.5 Å². The molecular formula is C17H34O2. The first kappa shape index (κ1) is 17.0. The Kier molecular flexibility index (Phi) is 8.01. The second kappa shape index (κ2) is 8.97. The highest BCUT2D eigenvalue weighted by Gasteiger charge is 2.38. The summed E-state index contributed by atoms with van der Waals surface area (Å²) in [6, 6.07) is 0. The lowest BCUT2D eigenvalue weighted by Crippen LogP contribution is -2.44. The lowest BCUT2D eigenvalue weighted by molar-refractivity contribution is -0.119. The molecule has 0 aromatic rings. The number of methoxy groups -OCH3 is 1. The van der Waals surface area contributed by atoms with Crippen molar-refractivity contribution in [1.29, 1.82) is 0 Å². The third-order valence-corrected chi connectivity index (χ3v) is 5.06. The highest BCUT2D eigenvalue weighted by Crippen LogP contribution is 2.36. The summed E-state index contributed by atoms with van der Waals surface area (Å²) in [4.78, 5) is 0. The van der Waals surface area contributed by atoms with Gasteiger partial charge in [0.1, 0.15) is 0 Å². The zero-order valence-corrected chi connectivity index (χ0v) is 13.3. The van der Waals surface area contributed by atoms with Crippen molar-refractivity contribution in [3.8, 4) is 0 Å². The number of unbranched alkanes of at least 4 members (excludes halogenated alkanes) is 1. The number of rotatable bonds is 8. The minimum atomic E-state index is -0.280. The number of aliphatic hydroxyl groups is 1. The molecule has 0 heterocycles. The summed E-state index contributed by atoms with van der Waals surface area (Å²) in [5, 5.41) is 10.7. The Labute approximate surface area is 119 Å². The van der Waals surface area contributed by atoms with E-state index in [9.17, 15) is 5.11 Å². The van der Waals surface area contributed by atoms with Gasteiger partial charge in [-0.25, -0.2) is 0 Å². The second-order valence-corrected chi connectivity index (χ2v) is 6.35. The zero-order chi connectivity index (χ0) is 14.1. The van der Waals surface area contributed by atoms with E-state index in [0.29, 0.717) is 5.92 Å². The molecule has 0 spiro atoms. The van der Waals surface area contributed by atoms with Crippen molar-refractivity contribution in [2.75, 3.05) is 7.11 Å². The van der Waals surface area contributed by atoms with Gasteiger partial charge in [-0.1, -0.05) is 65.2 Å². The van der Waals surface area contributed by atoms with Crippen LogP contribution in [-0.4, -0.2) is 23.9 Å². The Bertz CT molecular complexity index is 219. The van der Waals surface area contributed by atoms with E-state index in [1.807, 2.05) is 0 Å². The molecule has 0 aromatic carbocycles. The predicted octanol–water partition coefficient (Wildman–Crippen LogP) is 4.69. The molecule has 2 atom stereocenters. The first-order chi connectivity index (χ1) is 9.18. The fourth-order valence-corrected chi connectivity index (χ4v) is 3.51. The summed E-state index contributed by atoms with van der Waals surface area (Å²) >= 11 is 0. The molecule has 0 amide bonds. The molecule has 1 aliphatic rings. The molecule has 1 N–H and O–H groups in total. The maximum Gasteiger partial charge on any atom is 0.0936 e. The Morgan fingerprint density at radius 1 is 1.11 bits per heavy atom. The lowest BCUT2D eigenvalue weighted by atomic mass is 9.81. The minimum Gasteiger partial charge on any atom is -0.390 e. The summed E-state index contributed by atoms with van der Waals surface area (Å²) in [7, 11) is 1.79. The van der Waals surface area contributed by atoms with Gasteiger partial charge in [-0.2, -0.15) is 0 Å². The Morgan fingerprint density at radius 2 is 1.74 bits per heavy atom. The van der Waals surface area contributed by atoms with Gasteiger partial charge < -0.3 is 9.84 Å². The van der Waals surface area contributed by atoms with Gasteiger partial charge in [0.2, 0.25) is 0 Å². The van der Waals surface area contributed by atoms with Crippen molar-refractivity contribution in [3.05, 3.63) is 0 Å². The summed E-state index contributed by atoms with van der Waals surface area (Å²) in [6.07, 6.45) is 12.7. The van der Waals surface area contributed by atoms with Gasteiger partial charge in [0, 0.05) is 7.11 Å². The molecular weight excluding hydrogens is 236 g/mol. The van der Waals surface area contributed by atoms with Crippen molar-refractivity contribution in [1.82, 2.24) is 0 Å². The van der Waals surface area contributed by atoms with E-state index in [-0.39, 0.29) is 11.7 Å². The third-order valence-electron chi connectivity index (χ3n) is 5.06. The Hall–Kier alpha value is -0.0800. The van der Waals surface area contributed by atoms with E-state index in [1.54, 1.807) is 7.11 Å². The van der Waals surface area contributed by atoms with Crippen LogP contribution in [0.1, 0.15) is 84.5 Å². The minimum absolute atomic E-state index is 0.254. The molecule has 0 radical (unpaired) electrons. The molecule has 0 bridgehead atoms. The monoisotopic (exact) mass is 270 g/mol. The standard InChI is InChI=1S/C17H34O2/c1-4-6-11-15(5-2)14-16(18)17(19-3)12-9-7-8-10-13-17/h15-16,18H,4-14H2,1-3H3. The molecule has 19 heavy (non-hydrogen) atoms. The van der Waals surface area contributed by atoms with Gasteiger partial charge in [0.25, 0.3) is 0 Å². The van der Waals surface area contributed by atoms with Gasteiger partial charge in [-0.3, -0.25) is 0 Å². The summed E-state index contributed by atoms with van der Waals surface area (Å²) in [5.41, 5.74) is -0.254. The smallest absolute Gasteiger partial charge is 0.0936 e. The average Bonchev–Trinajstić information content (AvgIpc) is 2.69. The maximum absolute atomic E-state index is 10.7. The first-order valence-electron chi connectivity index (χ1n) is 8.41. The summed E-state index contributed by atoms with van der Waals surface area (Å²) in [6.45, 7) is 4.49.